The summed E-state index contributed by atoms with van der Waals surface area (Å²) in [5.41, 5.74) is 6.04. The van der Waals surface area contributed by atoms with E-state index in [1.165, 1.54) is 19.1 Å². The zero-order chi connectivity index (χ0) is 13.0. The molecule has 1 amide bonds. The van der Waals surface area contributed by atoms with Crippen molar-refractivity contribution in [3.05, 3.63) is 17.7 Å². The first-order chi connectivity index (χ1) is 7.95. The zero-order valence-electron chi connectivity index (χ0n) is 9.61. The molecule has 4 N–H and O–H groups in total. The lowest BCUT2D eigenvalue weighted by Crippen LogP contribution is -2.10. The van der Waals surface area contributed by atoms with E-state index in [-0.39, 0.29) is 35.2 Å². The van der Waals surface area contributed by atoms with Gasteiger partial charge in [0.25, 0.3) is 0 Å². The van der Waals surface area contributed by atoms with Crippen molar-refractivity contribution in [3.8, 4) is 5.75 Å². The molecule has 1 aromatic carbocycles. The number of hydrogen-bond acceptors (Lipinski definition) is 5. The number of aromatic hydroxyl groups is 1. The van der Waals surface area contributed by atoms with Crippen LogP contribution in [0.2, 0.25) is 0 Å². The van der Waals surface area contributed by atoms with Crippen LogP contribution in [0.15, 0.2) is 12.1 Å². The van der Waals surface area contributed by atoms with Gasteiger partial charge in [-0.2, -0.15) is 0 Å². The first kappa shape index (κ1) is 12.8. The summed E-state index contributed by atoms with van der Waals surface area (Å²) in [6, 6.07) is 2.47. The van der Waals surface area contributed by atoms with Crippen molar-refractivity contribution in [1.29, 1.82) is 0 Å². The van der Waals surface area contributed by atoms with Gasteiger partial charge in [0.2, 0.25) is 5.91 Å². The van der Waals surface area contributed by atoms with Crippen molar-refractivity contribution in [2.45, 2.75) is 13.8 Å². The molecule has 0 bridgehead atoms. The van der Waals surface area contributed by atoms with Gasteiger partial charge >= 0.3 is 5.97 Å². The van der Waals surface area contributed by atoms with Crippen LogP contribution in [0, 0.1) is 0 Å². The minimum atomic E-state index is -0.661. The molecule has 0 aliphatic rings. The fourth-order valence-electron chi connectivity index (χ4n) is 1.28. The Balaban J connectivity index is 3.09. The second-order valence-electron chi connectivity index (χ2n) is 3.36. The highest BCUT2D eigenvalue weighted by molar-refractivity contribution is 5.98. The monoisotopic (exact) mass is 238 g/mol. The number of benzene rings is 1. The number of phenols is 1. The van der Waals surface area contributed by atoms with E-state index in [1.54, 1.807) is 6.92 Å². The molecule has 6 nitrogen and oxygen atoms in total. The molecule has 0 unspecified atom stereocenters. The summed E-state index contributed by atoms with van der Waals surface area (Å²) in [6.45, 7) is 3.17. The van der Waals surface area contributed by atoms with Gasteiger partial charge in [-0.1, -0.05) is 0 Å². The van der Waals surface area contributed by atoms with E-state index in [4.69, 9.17) is 10.5 Å². The van der Waals surface area contributed by atoms with Gasteiger partial charge in [-0.25, -0.2) is 4.79 Å². The molecule has 1 rings (SSSR count). The predicted octanol–water partition coefficient (Wildman–Crippen LogP) is 1.11. The number of amides is 1. The summed E-state index contributed by atoms with van der Waals surface area (Å²) < 4.78 is 4.74. The number of carbonyl (C=O) groups is 2. The minimum absolute atomic E-state index is 0.0292. The smallest absolute Gasteiger partial charge is 0.341 e. The minimum Gasteiger partial charge on any atom is -0.507 e. The third-order valence-corrected chi connectivity index (χ3v) is 1.97. The first-order valence-corrected chi connectivity index (χ1v) is 5.03. The van der Waals surface area contributed by atoms with Gasteiger partial charge < -0.3 is 20.9 Å². The van der Waals surface area contributed by atoms with Crippen molar-refractivity contribution < 1.29 is 19.4 Å². The number of esters is 1. The second-order valence-corrected chi connectivity index (χ2v) is 3.36. The molecule has 0 atom stereocenters. The molecule has 0 aliphatic heterocycles. The molecule has 0 radical (unpaired) electrons. The molecule has 0 heterocycles. The molecule has 0 saturated carbocycles. The number of carbonyl (C=O) groups excluding carboxylic acids is 2. The number of nitrogens with one attached hydrogen (secondary N) is 1. The average molecular weight is 238 g/mol. The topological polar surface area (TPSA) is 102 Å². The molecule has 17 heavy (non-hydrogen) atoms. The lowest BCUT2D eigenvalue weighted by molar-refractivity contribution is -0.114. The molecule has 0 spiro atoms. The quantitative estimate of drug-likeness (QED) is 0.416. The van der Waals surface area contributed by atoms with E-state index in [2.05, 4.69) is 5.32 Å². The summed E-state index contributed by atoms with van der Waals surface area (Å²) in [5, 5.41) is 12.1. The van der Waals surface area contributed by atoms with Crippen LogP contribution in [0.1, 0.15) is 24.2 Å². The molecular weight excluding hydrogens is 224 g/mol. The summed E-state index contributed by atoms with van der Waals surface area (Å²) >= 11 is 0. The number of phenolic OH excluding ortho intramolecular Hbond substituents is 1. The Kier molecular flexibility index (Phi) is 3.92. The van der Waals surface area contributed by atoms with Gasteiger partial charge in [0, 0.05) is 13.0 Å². The zero-order valence-corrected chi connectivity index (χ0v) is 9.61. The highest BCUT2D eigenvalue weighted by Gasteiger charge is 2.15. The van der Waals surface area contributed by atoms with Crippen LogP contribution in [0.25, 0.3) is 0 Å². The highest BCUT2D eigenvalue weighted by atomic mass is 16.5. The van der Waals surface area contributed by atoms with Crippen LogP contribution < -0.4 is 11.1 Å². The third kappa shape index (κ3) is 3.10. The normalized spacial score (nSPS) is 9.76. The van der Waals surface area contributed by atoms with Gasteiger partial charge in [-0.05, 0) is 13.0 Å². The van der Waals surface area contributed by atoms with Gasteiger partial charge in [0.1, 0.15) is 11.3 Å². The maximum absolute atomic E-state index is 11.4. The van der Waals surface area contributed by atoms with E-state index < -0.39 is 5.97 Å². The molecule has 0 fully saturated rings. The molecule has 6 heteroatoms. The first-order valence-electron chi connectivity index (χ1n) is 5.03. The molecule has 0 saturated heterocycles. The van der Waals surface area contributed by atoms with E-state index >= 15 is 0 Å². The van der Waals surface area contributed by atoms with E-state index in [9.17, 15) is 14.7 Å². The summed E-state index contributed by atoms with van der Waals surface area (Å²) in [7, 11) is 0. The maximum atomic E-state index is 11.4. The number of nitrogen functional groups attached to an aromatic ring is 1. The van der Waals surface area contributed by atoms with Crippen molar-refractivity contribution in [2.75, 3.05) is 17.7 Å². The predicted molar refractivity (Wildman–Crippen MR) is 62.8 cm³/mol. The molecule has 1 aromatic rings. The third-order valence-electron chi connectivity index (χ3n) is 1.97. The Morgan fingerprint density at radius 2 is 2.12 bits per heavy atom. The summed E-state index contributed by atoms with van der Waals surface area (Å²) in [5.74, 6) is -1.27. The average Bonchev–Trinajstić information content (AvgIpc) is 2.22. The molecule has 0 aromatic heterocycles. The fourth-order valence-corrected chi connectivity index (χ4v) is 1.28. The van der Waals surface area contributed by atoms with Crippen molar-refractivity contribution in [3.63, 3.8) is 0 Å². The number of ether oxygens (including phenoxy) is 1. The SMILES string of the molecule is CCOC(=O)c1cc(N)c(NC(C)=O)cc1O. The van der Waals surface area contributed by atoms with Crippen LogP contribution in [0.4, 0.5) is 11.4 Å². The van der Waals surface area contributed by atoms with Crippen LogP contribution in [0.5, 0.6) is 5.75 Å². The van der Waals surface area contributed by atoms with Gasteiger partial charge in [-0.15, -0.1) is 0 Å². The van der Waals surface area contributed by atoms with Crippen LogP contribution in [-0.4, -0.2) is 23.6 Å². The van der Waals surface area contributed by atoms with Crippen molar-refractivity contribution in [2.24, 2.45) is 0 Å². The summed E-state index contributed by atoms with van der Waals surface area (Å²) in [6.07, 6.45) is 0. The van der Waals surface area contributed by atoms with Gasteiger partial charge in [0.05, 0.1) is 18.0 Å². The lowest BCUT2D eigenvalue weighted by Gasteiger charge is -2.10. The van der Waals surface area contributed by atoms with Crippen LogP contribution >= 0.6 is 0 Å². The Labute approximate surface area is 98.4 Å². The lowest BCUT2D eigenvalue weighted by atomic mass is 10.1. The molecule has 92 valence electrons. The molecule has 0 aliphatic carbocycles. The van der Waals surface area contributed by atoms with Gasteiger partial charge in [0.15, 0.2) is 0 Å². The Bertz CT molecular complexity index is 457. The van der Waals surface area contributed by atoms with E-state index in [0.717, 1.165) is 0 Å². The standard InChI is InChI=1S/C11H14N2O4/c1-3-17-11(16)7-4-8(12)9(5-10(7)15)13-6(2)14/h4-5,15H,3,12H2,1-2H3,(H,13,14). The number of rotatable bonds is 3. The number of hydrogen-bond donors (Lipinski definition) is 3. The van der Waals surface area contributed by atoms with Crippen molar-refractivity contribution in [1.82, 2.24) is 0 Å². The Hall–Kier alpha value is -2.24. The van der Waals surface area contributed by atoms with Crippen LogP contribution in [-0.2, 0) is 9.53 Å². The van der Waals surface area contributed by atoms with E-state index in [1.807, 2.05) is 0 Å². The number of nitrogens with two attached hydrogens (primary N) is 1. The second kappa shape index (κ2) is 5.20. The van der Waals surface area contributed by atoms with Crippen molar-refractivity contribution >= 4 is 23.3 Å². The maximum Gasteiger partial charge on any atom is 0.341 e. The Morgan fingerprint density at radius 3 is 2.65 bits per heavy atom. The van der Waals surface area contributed by atoms with E-state index in [0.29, 0.717) is 0 Å². The number of anilines is 2. The molecular formula is C11H14N2O4. The largest absolute Gasteiger partial charge is 0.507 e. The van der Waals surface area contributed by atoms with Crippen LogP contribution in [0.3, 0.4) is 0 Å². The Morgan fingerprint density at radius 1 is 1.47 bits per heavy atom. The summed E-state index contributed by atoms with van der Waals surface area (Å²) in [4.78, 5) is 22.3. The van der Waals surface area contributed by atoms with Gasteiger partial charge in [-0.3, -0.25) is 4.79 Å². The fraction of sp³-hybridized carbons (Fsp3) is 0.273. The highest BCUT2D eigenvalue weighted by Crippen LogP contribution is 2.28.